The Morgan fingerprint density at radius 1 is 1.35 bits per heavy atom. The molecule has 20 heavy (non-hydrogen) atoms. The third-order valence-electron chi connectivity index (χ3n) is 3.88. The van der Waals surface area contributed by atoms with Crippen molar-refractivity contribution < 1.29 is 4.74 Å². The lowest BCUT2D eigenvalue weighted by molar-refractivity contribution is 0.0209. The summed E-state index contributed by atoms with van der Waals surface area (Å²) in [4.78, 5) is 13.3. The third kappa shape index (κ3) is 2.88. The summed E-state index contributed by atoms with van der Waals surface area (Å²) in [5.74, 6) is 6.73. The molecule has 2 fully saturated rings. The van der Waals surface area contributed by atoms with E-state index in [9.17, 15) is 0 Å². The van der Waals surface area contributed by atoms with E-state index in [2.05, 4.69) is 41.1 Å². The van der Waals surface area contributed by atoms with Gasteiger partial charge in [-0.3, -0.25) is 10.3 Å². The maximum atomic E-state index is 5.41. The van der Waals surface area contributed by atoms with Crippen LogP contribution in [0.3, 0.4) is 0 Å². The van der Waals surface area contributed by atoms with Gasteiger partial charge in [0.2, 0.25) is 5.95 Å². The van der Waals surface area contributed by atoms with Gasteiger partial charge in [0.1, 0.15) is 5.82 Å². The minimum absolute atomic E-state index is 0.443. The zero-order valence-corrected chi connectivity index (χ0v) is 12.8. The van der Waals surface area contributed by atoms with E-state index in [1.165, 1.54) is 0 Å². The quantitative estimate of drug-likeness (QED) is 0.609. The van der Waals surface area contributed by atoms with Gasteiger partial charge in [-0.2, -0.15) is 4.98 Å². The lowest BCUT2D eigenvalue weighted by Gasteiger charge is -2.32. The highest BCUT2D eigenvalue weighted by atomic mass is 79.9. The molecule has 8 heteroatoms. The van der Waals surface area contributed by atoms with Crippen LogP contribution < -0.4 is 16.2 Å². The summed E-state index contributed by atoms with van der Waals surface area (Å²) in [5, 5.41) is 0. The second-order valence-corrected chi connectivity index (χ2v) is 5.90. The highest BCUT2D eigenvalue weighted by molar-refractivity contribution is 9.10. The van der Waals surface area contributed by atoms with E-state index in [0.29, 0.717) is 12.0 Å². The summed E-state index contributed by atoms with van der Waals surface area (Å²) in [6, 6.07) is 0.579. The number of anilines is 2. The average molecular weight is 343 g/mol. The van der Waals surface area contributed by atoms with Gasteiger partial charge < -0.3 is 9.64 Å². The number of halogens is 1. The summed E-state index contributed by atoms with van der Waals surface area (Å²) in [5.41, 5.74) is 2.50. The van der Waals surface area contributed by atoms with Crippen LogP contribution in [0.15, 0.2) is 10.7 Å². The monoisotopic (exact) mass is 342 g/mol. The molecule has 1 atom stereocenters. The molecule has 1 aromatic rings. The van der Waals surface area contributed by atoms with E-state index >= 15 is 0 Å². The zero-order chi connectivity index (χ0) is 13.9. The van der Waals surface area contributed by atoms with Crippen LogP contribution in [-0.2, 0) is 4.74 Å². The molecule has 110 valence electrons. The van der Waals surface area contributed by atoms with Crippen molar-refractivity contribution in [2.24, 2.45) is 5.84 Å². The number of hydrogen-bond donors (Lipinski definition) is 2. The van der Waals surface area contributed by atoms with Crippen molar-refractivity contribution in [3.63, 3.8) is 0 Å². The molecule has 1 unspecified atom stereocenters. The first-order valence-corrected chi connectivity index (χ1v) is 7.63. The third-order valence-corrected chi connectivity index (χ3v) is 4.44. The molecule has 3 rings (SSSR count). The van der Waals surface area contributed by atoms with Crippen molar-refractivity contribution in [2.75, 3.05) is 49.7 Å². The van der Waals surface area contributed by atoms with Gasteiger partial charge in [0.15, 0.2) is 0 Å². The fraction of sp³-hybridized carbons (Fsp3) is 0.667. The molecule has 0 radical (unpaired) electrons. The first-order chi connectivity index (χ1) is 9.78. The van der Waals surface area contributed by atoms with Crippen LogP contribution in [0.1, 0.15) is 6.42 Å². The summed E-state index contributed by atoms with van der Waals surface area (Å²) in [6.45, 7) is 5.73. The summed E-state index contributed by atoms with van der Waals surface area (Å²) < 4.78 is 6.32. The van der Waals surface area contributed by atoms with Crippen LogP contribution in [0.25, 0.3) is 0 Å². The second kappa shape index (κ2) is 6.21. The Balaban J connectivity index is 1.70. The van der Waals surface area contributed by atoms with Crippen molar-refractivity contribution in [1.82, 2.24) is 14.9 Å². The minimum atomic E-state index is 0.443. The molecule has 3 N–H and O–H groups in total. The number of aromatic nitrogens is 2. The van der Waals surface area contributed by atoms with Crippen LogP contribution in [0.2, 0.25) is 0 Å². The van der Waals surface area contributed by atoms with Gasteiger partial charge in [0, 0.05) is 38.4 Å². The van der Waals surface area contributed by atoms with Gasteiger partial charge in [-0.15, -0.1) is 0 Å². The molecule has 0 amide bonds. The number of nitrogens with two attached hydrogens (primary N) is 1. The van der Waals surface area contributed by atoms with E-state index < -0.39 is 0 Å². The van der Waals surface area contributed by atoms with Crippen LogP contribution in [0.4, 0.5) is 11.8 Å². The Bertz CT molecular complexity index is 467. The van der Waals surface area contributed by atoms with Gasteiger partial charge >= 0.3 is 0 Å². The number of nitrogens with zero attached hydrogens (tertiary/aromatic N) is 4. The molecule has 3 heterocycles. The van der Waals surface area contributed by atoms with Crippen molar-refractivity contribution in [3.05, 3.63) is 10.7 Å². The molecule has 0 spiro atoms. The van der Waals surface area contributed by atoms with Gasteiger partial charge in [0.05, 0.1) is 17.7 Å². The second-order valence-electron chi connectivity index (χ2n) is 5.05. The fourth-order valence-electron chi connectivity index (χ4n) is 2.82. The molecule has 0 saturated carbocycles. The largest absolute Gasteiger partial charge is 0.379 e. The Kier molecular flexibility index (Phi) is 4.35. The van der Waals surface area contributed by atoms with Crippen molar-refractivity contribution in [3.8, 4) is 0 Å². The first kappa shape index (κ1) is 14.0. The SMILES string of the molecule is NNc1ncc(Br)c(N2CCC(N3CCOCC3)C2)n1. The first-order valence-electron chi connectivity index (χ1n) is 6.84. The Labute approximate surface area is 126 Å². The standard InChI is InChI=1S/C12H19BrN6O/c13-10-7-15-12(17-14)16-11(10)19-2-1-9(8-19)18-3-5-20-6-4-18/h7,9H,1-6,8,14H2,(H,15,16,17). The number of nitrogens with one attached hydrogen (secondary N) is 1. The van der Waals surface area contributed by atoms with Gasteiger partial charge in [0.25, 0.3) is 0 Å². The molecule has 2 aliphatic rings. The Morgan fingerprint density at radius 2 is 2.15 bits per heavy atom. The highest BCUT2D eigenvalue weighted by Crippen LogP contribution is 2.28. The van der Waals surface area contributed by atoms with Crippen LogP contribution in [0.5, 0.6) is 0 Å². The minimum Gasteiger partial charge on any atom is -0.379 e. The number of morpholine rings is 1. The predicted octanol–water partition coefficient (Wildman–Crippen LogP) is 0.436. The van der Waals surface area contributed by atoms with Crippen molar-refractivity contribution >= 4 is 27.7 Å². The zero-order valence-electron chi connectivity index (χ0n) is 11.3. The molecule has 0 bridgehead atoms. The molecule has 1 aromatic heterocycles. The Hall–Kier alpha value is -0.960. The van der Waals surface area contributed by atoms with E-state index in [-0.39, 0.29) is 0 Å². The van der Waals surface area contributed by atoms with E-state index in [4.69, 9.17) is 10.6 Å². The number of hydrazine groups is 1. The molecule has 2 saturated heterocycles. The summed E-state index contributed by atoms with van der Waals surface area (Å²) in [6.07, 6.45) is 2.89. The smallest absolute Gasteiger partial charge is 0.239 e. The normalized spacial score (nSPS) is 24.1. The topological polar surface area (TPSA) is 79.5 Å². The maximum absolute atomic E-state index is 5.41. The maximum Gasteiger partial charge on any atom is 0.239 e. The highest BCUT2D eigenvalue weighted by Gasteiger charge is 2.30. The van der Waals surface area contributed by atoms with Crippen molar-refractivity contribution in [2.45, 2.75) is 12.5 Å². The van der Waals surface area contributed by atoms with E-state index in [1.54, 1.807) is 6.20 Å². The molecule has 2 aliphatic heterocycles. The number of nitrogen functional groups attached to an aromatic ring is 1. The number of rotatable bonds is 3. The van der Waals surface area contributed by atoms with Crippen LogP contribution in [0, 0.1) is 0 Å². The van der Waals surface area contributed by atoms with Gasteiger partial charge in [-0.1, -0.05) is 0 Å². The summed E-state index contributed by atoms with van der Waals surface area (Å²) in [7, 11) is 0. The fourth-order valence-corrected chi connectivity index (χ4v) is 3.27. The number of ether oxygens (including phenoxy) is 1. The number of hydrogen-bond acceptors (Lipinski definition) is 7. The van der Waals surface area contributed by atoms with Crippen LogP contribution >= 0.6 is 15.9 Å². The Morgan fingerprint density at radius 3 is 2.90 bits per heavy atom. The molecule has 7 nitrogen and oxygen atoms in total. The molecular formula is C12H19BrN6O. The van der Waals surface area contributed by atoms with Crippen molar-refractivity contribution in [1.29, 1.82) is 0 Å². The van der Waals surface area contributed by atoms with Gasteiger partial charge in [-0.05, 0) is 22.4 Å². The summed E-state index contributed by atoms with van der Waals surface area (Å²) >= 11 is 3.52. The predicted molar refractivity (Wildman–Crippen MR) is 80.6 cm³/mol. The molecule has 0 aromatic carbocycles. The lowest BCUT2D eigenvalue weighted by atomic mass is 10.2. The van der Waals surface area contributed by atoms with Gasteiger partial charge in [-0.25, -0.2) is 10.8 Å². The average Bonchev–Trinajstić information content (AvgIpc) is 2.98. The van der Waals surface area contributed by atoms with Crippen LogP contribution in [-0.4, -0.2) is 60.3 Å². The van der Waals surface area contributed by atoms with E-state index in [1.807, 2.05) is 0 Å². The molecular weight excluding hydrogens is 324 g/mol. The molecule has 0 aliphatic carbocycles. The lowest BCUT2D eigenvalue weighted by Crippen LogP contribution is -2.44. The van der Waals surface area contributed by atoms with E-state index in [0.717, 1.165) is 56.1 Å².